The normalized spacial score (nSPS) is 22.9. The number of hydrogen-bond acceptors (Lipinski definition) is 6. The summed E-state index contributed by atoms with van der Waals surface area (Å²) in [7, 11) is 0. The lowest BCUT2D eigenvalue weighted by Crippen LogP contribution is -2.40. The zero-order chi connectivity index (χ0) is 23.8. The van der Waals surface area contributed by atoms with Crippen molar-refractivity contribution in [2.24, 2.45) is 5.92 Å². The Bertz CT molecular complexity index is 1050. The Kier molecular flexibility index (Phi) is 6.45. The zero-order valence-electron chi connectivity index (χ0n) is 20.3. The molecule has 0 spiro atoms. The van der Waals surface area contributed by atoms with Gasteiger partial charge in [0.05, 0.1) is 5.56 Å². The fourth-order valence-corrected chi connectivity index (χ4v) is 5.36. The molecule has 2 aromatic heterocycles. The topological polar surface area (TPSA) is 70.2 Å². The van der Waals surface area contributed by atoms with E-state index >= 15 is 0 Å². The van der Waals surface area contributed by atoms with Gasteiger partial charge < -0.3 is 10.2 Å². The van der Waals surface area contributed by atoms with Crippen LogP contribution in [-0.2, 0) is 5.41 Å². The van der Waals surface area contributed by atoms with E-state index in [1.807, 2.05) is 36.4 Å². The third kappa shape index (κ3) is 5.18. The summed E-state index contributed by atoms with van der Waals surface area (Å²) in [5.41, 5.74) is 1.41. The third-order valence-corrected chi connectivity index (χ3v) is 7.30. The van der Waals surface area contributed by atoms with Crippen LogP contribution < -0.4 is 14.9 Å². The lowest BCUT2D eigenvalue weighted by molar-refractivity contribution is 0.0984. The van der Waals surface area contributed by atoms with E-state index in [0.29, 0.717) is 11.5 Å². The molecule has 7 heteroatoms. The molecule has 1 unspecified atom stereocenters. The van der Waals surface area contributed by atoms with Gasteiger partial charge in [-0.05, 0) is 63.3 Å². The van der Waals surface area contributed by atoms with Crippen molar-refractivity contribution in [2.45, 2.75) is 75.9 Å². The maximum absolute atomic E-state index is 13.3. The van der Waals surface area contributed by atoms with Crippen molar-refractivity contribution in [3.05, 3.63) is 54.2 Å². The van der Waals surface area contributed by atoms with Crippen molar-refractivity contribution in [3.63, 3.8) is 0 Å². The van der Waals surface area contributed by atoms with Gasteiger partial charge >= 0.3 is 0 Å². The summed E-state index contributed by atoms with van der Waals surface area (Å²) in [6.07, 6.45) is 5.07. The van der Waals surface area contributed by atoms with Crippen LogP contribution in [0.2, 0.25) is 0 Å². The first-order valence-corrected chi connectivity index (χ1v) is 12.5. The van der Waals surface area contributed by atoms with E-state index in [2.05, 4.69) is 61.1 Å². The molecule has 176 valence electrons. The maximum atomic E-state index is 13.3. The minimum atomic E-state index is -0.152. The molecule has 1 amide bonds. The molecule has 2 N–H and O–H groups in total. The number of nitrogens with zero attached hydrogens (tertiary/aromatic N) is 3. The number of carbonyl (C=O) groups is 1. The molecule has 2 aliphatic rings. The van der Waals surface area contributed by atoms with E-state index in [0.717, 1.165) is 48.2 Å². The smallest absolute Gasteiger partial charge is 0.265 e. The quantitative estimate of drug-likeness (QED) is 0.423. The van der Waals surface area contributed by atoms with E-state index in [4.69, 9.17) is 4.98 Å². The van der Waals surface area contributed by atoms with Crippen LogP contribution in [-0.4, -0.2) is 34.0 Å². The van der Waals surface area contributed by atoms with Crippen LogP contribution in [0.4, 0.5) is 11.6 Å². The highest BCUT2D eigenvalue weighted by Crippen LogP contribution is 2.40. The molecule has 4 bridgehead atoms. The second-order valence-corrected chi connectivity index (χ2v) is 11.6. The molecule has 2 aliphatic heterocycles. The van der Waals surface area contributed by atoms with Gasteiger partial charge in [-0.25, -0.2) is 9.97 Å². The first kappa shape index (κ1) is 23.6. The van der Waals surface area contributed by atoms with Crippen LogP contribution in [0.1, 0.15) is 69.9 Å². The number of nitrogens with one attached hydrogen (secondary N) is 2. The Balaban J connectivity index is 1.77. The number of fused-ring (bicyclic) bond motifs is 6. The highest BCUT2D eigenvalue weighted by molar-refractivity contribution is 7.97. The van der Waals surface area contributed by atoms with Crippen LogP contribution in [0.3, 0.4) is 0 Å². The van der Waals surface area contributed by atoms with E-state index in [-0.39, 0.29) is 22.9 Å². The second-order valence-electron chi connectivity index (χ2n) is 10.8. The van der Waals surface area contributed by atoms with Gasteiger partial charge in [-0.2, -0.15) is 0 Å². The number of aromatic nitrogens is 2. The van der Waals surface area contributed by atoms with Crippen LogP contribution in [0, 0.1) is 5.92 Å². The molecule has 1 saturated heterocycles. The maximum Gasteiger partial charge on any atom is 0.265 e. The van der Waals surface area contributed by atoms with Gasteiger partial charge in [-0.3, -0.25) is 9.52 Å². The molecule has 2 atom stereocenters. The number of anilines is 2. The molecular formula is C26H35N5OS. The molecule has 0 radical (unpaired) electrons. The van der Waals surface area contributed by atoms with Crippen molar-refractivity contribution in [1.29, 1.82) is 0 Å². The number of pyridine rings is 2. The predicted molar refractivity (Wildman–Crippen MR) is 137 cm³/mol. The van der Waals surface area contributed by atoms with Gasteiger partial charge in [0.15, 0.2) is 0 Å². The molecule has 6 nitrogen and oxygen atoms in total. The lowest BCUT2D eigenvalue weighted by Gasteiger charge is -2.34. The largest absolute Gasteiger partial charge is 0.364 e. The average Bonchev–Trinajstić information content (AvgIpc) is 3.07. The van der Waals surface area contributed by atoms with Crippen molar-refractivity contribution >= 4 is 29.5 Å². The summed E-state index contributed by atoms with van der Waals surface area (Å²) in [4.78, 5) is 25.4. The summed E-state index contributed by atoms with van der Waals surface area (Å²) < 4.78 is 2.99. The van der Waals surface area contributed by atoms with E-state index in [1.54, 1.807) is 0 Å². The fraction of sp³-hybridized carbons (Fsp3) is 0.500. The van der Waals surface area contributed by atoms with Crippen molar-refractivity contribution < 1.29 is 4.79 Å². The van der Waals surface area contributed by atoms with Gasteiger partial charge in [0.25, 0.3) is 5.91 Å². The van der Waals surface area contributed by atoms with Gasteiger partial charge in [-0.15, -0.1) is 6.58 Å². The standard InChI is InChI=1S/C26H35N5OS/c1-7-18-12-11-17-15-26(5,6)31(16-17)23-19(13-14-20(28-23)25(2,3)4)24(32)30-33-22-10-8-9-21(27-18)29-22/h7-10,13-14,17-18H,1,11-12,15-16H2,2-6H3,(H,27,29)(H,30,32)/t17-,18?/m0/s1. The molecule has 4 rings (SSSR count). The van der Waals surface area contributed by atoms with Crippen LogP contribution in [0.25, 0.3) is 0 Å². The minimum absolute atomic E-state index is 0.0869. The zero-order valence-corrected chi connectivity index (χ0v) is 21.1. The molecule has 0 aliphatic carbocycles. The summed E-state index contributed by atoms with van der Waals surface area (Å²) in [5.74, 6) is 1.93. The van der Waals surface area contributed by atoms with Crippen LogP contribution in [0.15, 0.2) is 48.0 Å². The SMILES string of the molecule is C=CC1CC[C@@H]2CN(c3nc(C(C)(C)C)ccc3C(=O)NSc3cccc(n3)N1)C(C)(C)C2. The molecular weight excluding hydrogens is 430 g/mol. The van der Waals surface area contributed by atoms with E-state index in [1.165, 1.54) is 11.9 Å². The Morgan fingerprint density at radius 1 is 1.18 bits per heavy atom. The summed E-state index contributed by atoms with van der Waals surface area (Å²) >= 11 is 1.23. The van der Waals surface area contributed by atoms with E-state index < -0.39 is 0 Å². The van der Waals surface area contributed by atoms with Gasteiger partial charge in [0.2, 0.25) is 0 Å². The summed E-state index contributed by atoms with van der Waals surface area (Å²) in [5, 5.41) is 4.22. The Labute approximate surface area is 201 Å². The van der Waals surface area contributed by atoms with Crippen molar-refractivity contribution in [1.82, 2.24) is 14.7 Å². The van der Waals surface area contributed by atoms with Gasteiger partial charge in [-0.1, -0.05) is 32.9 Å². The van der Waals surface area contributed by atoms with Crippen LogP contribution >= 0.6 is 11.9 Å². The van der Waals surface area contributed by atoms with Crippen molar-refractivity contribution in [2.75, 3.05) is 16.8 Å². The number of rotatable bonds is 1. The van der Waals surface area contributed by atoms with Gasteiger partial charge in [0.1, 0.15) is 16.7 Å². The molecule has 2 aromatic rings. The highest BCUT2D eigenvalue weighted by Gasteiger charge is 2.41. The van der Waals surface area contributed by atoms with Gasteiger partial charge in [0, 0.05) is 41.2 Å². The Hall–Kier alpha value is -2.54. The minimum Gasteiger partial charge on any atom is -0.364 e. The van der Waals surface area contributed by atoms with Crippen molar-refractivity contribution in [3.8, 4) is 0 Å². The number of carbonyl (C=O) groups excluding carboxylic acids is 1. The summed E-state index contributed by atoms with van der Waals surface area (Å²) in [6.45, 7) is 15.9. The van der Waals surface area contributed by atoms with E-state index in [9.17, 15) is 4.79 Å². The molecule has 0 aromatic carbocycles. The second kappa shape index (κ2) is 9.01. The molecule has 4 heterocycles. The molecule has 0 saturated carbocycles. The van der Waals surface area contributed by atoms with Crippen LogP contribution in [0.5, 0.6) is 0 Å². The Morgan fingerprint density at radius 3 is 2.70 bits per heavy atom. The monoisotopic (exact) mass is 465 g/mol. The molecule has 33 heavy (non-hydrogen) atoms. The predicted octanol–water partition coefficient (Wildman–Crippen LogP) is 5.58. The first-order valence-electron chi connectivity index (χ1n) is 11.7. The first-order chi connectivity index (χ1) is 15.6. The highest BCUT2D eigenvalue weighted by atomic mass is 32.2. The average molecular weight is 466 g/mol. The summed E-state index contributed by atoms with van der Waals surface area (Å²) in [6, 6.07) is 9.85. The molecule has 1 fully saturated rings. The lowest BCUT2D eigenvalue weighted by atomic mass is 9.91. The number of amides is 1. The third-order valence-electron chi connectivity index (χ3n) is 6.58. The number of hydrogen-bond donors (Lipinski definition) is 2. The fourth-order valence-electron chi connectivity index (χ4n) is 4.76. The Morgan fingerprint density at radius 2 is 1.97 bits per heavy atom.